The summed E-state index contributed by atoms with van der Waals surface area (Å²) in [6.07, 6.45) is -10.6. The Morgan fingerprint density at radius 3 is 1.37 bits per heavy atom. The van der Waals surface area contributed by atoms with Crippen molar-refractivity contribution in [1.29, 1.82) is 0 Å². The van der Waals surface area contributed by atoms with Gasteiger partial charge in [0.15, 0.2) is 0 Å². The van der Waals surface area contributed by atoms with Crippen molar-refractivity contribution in [2.45, 2.75) is 98.2 Å². The van der Waals surface area contributed by atoms with Crippen LogP contribution in [-0.2, 0) is 10.3 Å². The van der Waals surface area contributed by atoms with E-state index < -0.39 is 29.1 Å². The molecule has 0 heterocycles. The van der Waals surface area contributed by atoms with Gasteiger partial charge in [0.25, 0.3) is 5.60 Å². The van der Waals surface area contributed by atoms with Crippen molar-refractivity contribution < 1.29 is 31.1 Å². The molecular formula is C23H34F6O. The van der Waals surface area contributed by atoms with Gasteiger partial charge in [-0.3, -0.25) is 0 Å². The van der Waals surface area contributed by atoms with Gasteiger partial charge in [-0.15, -0.1) is 0 Å². The van der Waals surface area contributed by atoms with E-state index in [1.807, 2.05) is 20.8 Å². The van der Waals surface area contributed by atoms with Gasteiger partial charge in [0.1, 0.15) is 0 Å². The van der Waals surface area contributed by atoms with Crippen LogP contribution in [0.1, 0.15) is 85.8 Å². The van der Waals surface area contributed by atoms with Crippen LogP contribution in [-0.4, -0.2) is 18.0 Å². The quantitative estimate of drug-likeness (QED) is 0.427. The molecule has 0 saturated heterocycles. The lowest BCUT2D eigenvalue weighted by Gasteiger charge is -2.42. The Balaban J connectivity index is 3.64. The second-order valence-corrected chi connectivity index (χ2v) is 11.2. The number of hydrogen-bond acceptors (Lipinski definition) is 1. The normalized spacial score (nSPS) is 16.0. The van der Waals surface area contributed by atoms with Crippen LogP contribution in [0.4, 0.5) is 26.3 Å². The van der Waals surface area contributed by atoms with E-state index >= 15 is 0 Å². The van der Waals surface area contributed by atoms with Gasteiger partial charge in [0, 0.05) is 5.56 Å². The molecule has 7 heteroatoms. The Bertz CT molecular complexity index is 680. The first-order valence-corrected chi connectivity index (χ1v) is 9.95. The van der Waals surface area contributed by atoms with Gasteiger partial charge in [-0.05, 0) is 49.5 Å². The van der Waals surface area contributed by atoms with E-state index in [-0.39, 0.29) is 16.7 Å². The maximum atomic E-state index is 13.9. The van der Waals surface area contributed by atoms with Gasteiger partial charge < -0.3 is 4.74 Å². The van der Waals surface area contributed by atoms with Crippen LogP contribution in [0.2, 0.25) is 0 Å². The standard InChI is InChI=1S/C23H34F6O/c1-18(2,3)14-17(19(4,5)6)15-10-12-16(13-11-15)21(22(24,25)26,23(27,28)29)30-20(7,8)9/h10-13,17H,14H2,1-9H3. The first-order chi connectivity index (χ1) is 13.0. The summed E-state index contributed by atoms with van der Waals surface area (Å²) in [6, 6.07) is 4.55. The van der Waals surface area contributed by atoms with Crippen molar-refractivity contribution in [1.82, 2.24) is 0 Å². The third kappa shape index (κ3) is 6.14. The Morgan fingerprint density at radius 1 is 0.700 bits per heavy atom. The third-order valence-electron chi connectivity index (χ3n) is 4.84. The Morgan fingerprint density at radius 2 is 1.10 bits per heavy atom. The van der Waals surface area contributed by atoms with E-state index in [1.54, 1.807) is 0 Å². The molecule has 174 valence electrons. The molecule has 0 aliphatic heterocycles. The summed E-state index contributed by atoms with van der Waals surface area (Å²) in [5.41, 5.74) is -6.63. The maximum Gasteiger partial charge on any atom is 0.430 e. The Labute approximate surface area is 176 Å². The fourth-order valence-electron chi connectivity index (χ4n) is 3.61. The van der Waals surface area contributed by atoms with Gasteiger partial charge >= 0.3 is 12.4 Å². The molecule has 0 bridgehead atoms. The average Bonchev–Trinajstić information content (AvgIpc) is 2.45. The van der Waals surface area contributed by atoms with Crippen molar-refractivity contribution in [3.63, 3.8) is 0 Å². The molecule has 1 atom stereocenters. The zero-order valence-corrected chi connectivity index (χ0v) is 19.3. The number of benzene rings is 1. The molecule has 0 spiro atoms. The molecule has 0 fully saturated rings. The van der Waals surface area contributed by atoms with Crippen molar-refractivity contribution in [3.8, 4) is 0 Å². The van der Waals surface area contributed by atoms with E-state index in [1.165, 1.54) is 32.9 Å². The van der Waals surface area contributed by atoms with Gasteiger partial charge in [-0.25, -0.2) is 0 Å². The zero-order chi connectivity index (χ0) is 24.0. The summed E-state index contributed by atoms with van der Waals surface area (Å²) in [6.45, 7) is 15.7. The van der Waals surface area contributed by atoms with Gasteiger partial charge in [-0.1, -0.05) is 65.8 Å². The second kappa shape index (κ2) is 8.03. The summed E-state index contributed by atoms with van der Waals surface area (Å²) in [7, 11) is 0. The molecule has 0 amide bonds. The predicted molar refractivity (Wildman–Crippen MR) is 107 cm³/mol. The number of rotatable bonds is 4. The molecule has 0 aliphatic carbocycles. The van der Waals surface area contributed by atoms with Crippen LogP contribution >= 0.6 is 0 Å². The summed E-state index contributed by atoms with van der Waals surface area (Å²) in [5.74, 6) is -0.0405. The van der Waals surface area contributed by atoms with Gasteiger partial charge in [0.05, 0.1) is 5.60 Å². The number of hydrogen-bond donors (Lipinski definition) is 0. The number of halogens is 6. The second-order valence-electron chi connectivity index (χ2n) is 11.2. The average molecular weight is 441 g/mol. The van der Waals surface area contributed by atoms with Crippen LogP contribution in [0.15, 0.2) is 24.3 Å². The molecule has 1 rings (SSSR count). The third-order valence-corrected chi connectivity index (χ3v) is 4.84. The molecule has 1 aromatic carbocycles. The monoisotopic (exact) mass is 440 g/mol. The highest BCUT2D eigenvalue weighted by Gasteiger charge is 2.74. The smallest absolute Gasteiger partial charge is 0.348 e. The van der Waals surface area contributed by atoms with E-state index in [4.69, 9.17) is 4.74 Å². The van der Waals surface area contributed by atoms with Crippen molar-refractivity contribution in [3.05, 3.63) is 35.4 Å². The van der Waals surface area contributed by atoms with Crippen molar-refractivity contribution in [2.24, 2.45) is 10.8 Å². The Hall–Kier alpha value is -1.24. The minimum Gasteiger partial charge on any atom is -0.348 e. The summed E-state index contributed by atoms with van der Waals surface area (Å²) >= 11 is 0. The van der Waals surface area contributed by atoms with Gasteiger partial charge in [-0.2, -0.15) is 26.3 Å². The molecule has 0 N–H and O–H groups in total. The molecule has 0 aromatic heterocycles. The molecule has 1 unspecified atom stereocenters. The zero-order valence-electron chi connectivity index (χ0n) is 19.3. The first kappa shape index (κ1) is 26.8. The SMILES string of the molecule is CC(C)(C)CC(c1ccc(C(OC(C)(C)C)(C(F)(F)F)C(F)(F)F)cc1)C(C)(C)C. The van der Waals surface area contributed by atoms with Crippen LogP contribution in [0.25, 0.3) is 0 Å². The fraction of sp³-hybridized carbons (Fsp3) is 0.739. The minimum absolute atomic E-state index is 0.0405. The van der Waals surface area contributed by atoms with Crippen molar-refractivity contribution in [2.75, 3.05) is 0 Å². The minimum atomic E-state index is -5.69. The maximum absolute atomic E-state index is 13.9. The number of ether oxygens (including phenoxy) is 1. The molecule has 1 aromatic rings. The van der Waals surface area contributed by atoms with E-state index in [0.29, 0.717) is 5.56 Å². The van der Waals surface area contributed by atoms with E-state index in [0.717, 1.165) is 18.6 Å². The highest BCUT2D eigenvalue weighted by atomic mass is 19.4. The summed E-state index contributed by atoms with van der Waals surface area (Å²) < 4.78 is 88.2. The molecule has 1 nitrogen and oxygen atoms in total. The number of alkyl halides is 6. The van der Waals surface area contributed by atoms with E-state index in [2.05, 4.69) is 20.8 Å². The molecule has 0 saturated carbocycles. The first-order valence-electron chi connectivity index (χ1n) is 9.95. The summed E-state index contributed by atoms with van der Waals surface area (Å²) in [4.78, 5) is 0. The van der Waals surface area contributed by atoms with Crippen molar-refractivity contribution >= 4 is 0 Å². The van der Waals surface area contributed by atoms with Crippen LogP contribution in [0.5, 0.6) is 0 Å². The largest absolute Gasteiger partial charge is 0.430 e. The lowest BCUT2D eigenvalue weighted by Crippen LogP contribution is -2.58. The van der Waals surface area contributed by atoms with Crippen LogP contribution < -0.4 is 0 Å². The highest BCUT2D eigenvalue weighted by Crippen LogP contribution is 2.55. The van der Waals surface area contributed by atoms with Crippen LogP contribution in [0.3, 0.4) is 0 Å². The topological polar surface area (TPSA) is 9.23 Å². The fourth-order valence-corrected chi connectivity index (χ4v) is 3.61. The lowest BCUT2D eigenvalue weighted by molar-refractivity contribution is -0.407. The molecule has 0 radical (unpaired) electrons. The van der Waals surface area contributed by atoms with Crippen LogP contribution in [0, 0.1) is 10.8 Å². The highest BCUT2D eigenvalue weighted by molar-refractivity contribution is 5.33. The molecule has 30 heavy (non-hydrogen) atoms. The predicted octanol–water partition coefficient (Wildman–Crippen LogP) is 8.39. The lowest BCUT2D eigenvalue weighted by atomic mass is 9.69. The van der Waals surface area contributed by atoms with E-state index in [9.17, 15) is 26.3 Å². The Kier molecular flexibility index (Phi) is 7.17. The molecular weight excluding hydrogens is 406 g/mol. The van der Waals surface area contributed by atoms with Gasteiger partial charge in [0.2, 0.25) is 0 Å². The molecule has 0 aliphatic rings. The summed E-state index contributed by atoms with van der Waals surface area (Å²) in [5, 5.41) is 0.